The lowest BCUT2D eigenvalue weighted by Gasteiger charge is -2.11. The maximum Gasteiger partial charge on any atom is 0.335 e. The fraction of sp³-hybridized carbons (Fsp3) is 0.0455. The first-order valence-corrected chi connectivity index (χ1v) is 9.22. The summed E-state index contributed by atoms with van der Waals surface area (Å²) in [6, 6.07) is 19.4. The predicted octanol–water partition coefficient (Wildman–Crippen LogP) is 4.31. The number of anilines is 2. The van der Waals surface area contributed by atoms with Crippen LogP contribution < -0.4 is 15.4 Å². The molecule has 0 fully saturated rings. The quantitative estimate of drug-likeness (QED) is 0.524. The van der Waals surface area contributed by atoms with Gasteiger partial charge in [-0.05, 0) is 42.5 Å². The van der Waals surface area contributed by atoms with Gasteiger partial charge in [0.15, 0.2) is 6.61 Å². The number of carbonyl (C=O) groups is 3. The number of hydrogen-bond donors (Lipinski definition) is 3. The first-order chi connectivity index (χ1) is 14.4. The first kappa shape index (κ1) is 20.9. The predicted molar refractivity (Wildman–Crippen MR) is 113 cm³/mol. The highest BCUT2D eigenvalue weighted by molar-refractivity contribution is 6.33. The van der Waals surface area contributed by atoms with Crippen LogP contribution in [0.3, 0.4) is 0 Å². The molecule has 0 aromatic heterocycles. The van der Waals surface area contributed by atoms with E-state index in [4.69, 9.17) is 21.4 Å². The fourth-order valence-electron chi connectivity index (χ4n) is 2.55. The molecule has 3 aromatic rings. The summed E-state index contributed by atoms with van der Waals surface area (Å²) in [5, 5.41) is 14.5. The Morgan fingerprint density at radius 1 is 0.867 bits per heavy atom. The van der Waals surface area contributed by atoms with Crippen LogP contribution in [0.4, 0.5) is 11.4 Å². The molecule has 8 heteroatoms. The lowest BCUT2D eigenvalue weighted by molar-refractivity contribution is -0.118. The van der Waals surface area contributed by atoms with Crippen LogP contribution >= 0.6 is 11.6 Å². The molecular weight excluding hydrogens is 408 g/mol. The molecule has 0 aliphatic carbocycles. The Morgan fingerprint density at radius 2 is 1.63 bits per heavy atom. The van der Waals surface area contributed by atoms with Gasteiger partial charge in [0.25, 0.3) is 11.8 Å². The Labute approximate surface area is 177 Å². The average molecular weight is 425 g/mol. The summed E-state index contributed by atoms with van der Waals surface area (Å²) in [4.78, 5) is 35.4. The number of carboxylic acid groups (broad SMARTS) is 1. The third-order valence-corrected chi connectivity index (χ3v) is 4.31. The summed E-state index contributed by atoms with van der Waals surface area (Å²) in [6.45, 7) is -0.330. The minimum absolute atomic E-state index is 0.00234. The van der Waals surface area contributed by atoms with E-state index >= 15 is 0 Å². The van der Waals surface area contributed by atoms with Gasteiger partial charge in [0.1, 0.15) is 5.75 Å². The van der Waals surface area contributed by atoms with Gasteiger partial charge < -0.3 is 20.5 Å². The van der Waals surface area contributed by atoms with Crippen molar-refractivity contribution in [1.29, 1.82) is 0 Å². The minimum Gasteiger partial charge on any atom is -0.484 e. The smallest absolute Gasteiger partial charge is 0.335 e. The van der Waals surface area contributed by atoms with Crippen LogP contribution in [0.1, 0.15) is 20.7 Å². The van der Waals surface area contributed by atoms with Gasteiger partial charge in [0, 0.05) is 17.3 Å². The molecule has 152 valence electrons. The van der Waals surface area contributed by atoms with Crippen LogP contribution in [0.2, 0.25) is 5.02 Å². The molecule has 3 N–H and O–H groups in total. The Kier molecular flexibility index (Phi) is 6.67. The zero-order valence-corrected chi connectivity index (χ0v) is 16.3. The standard InChI is InChI=1S/C22H17ClN2O5/c23-18-10-9-15(22(28)29)11-19(18)25-20(26)13-30-17-8-4-7-16(12-17)24-21(27)14-5-2-1-3-6-14/h1-12H,13H2,(H,24,27)(H,25,26)(H,28,29). The van der Waals surface area contributed by atoms with Gasteiger partial charge in [-0.25, -0.2) is 4.79 Å². The molecule has 0 spiro atoms. The number of aromatic carboxylic acids is 1. The molecule has 0 saturated carbocycles. The van der Waals surface area contributed by atoms with Gasteiger partial charge in [0.2, 0.25) is 0 Å². The second-order valence-electron chi connectivity index (χ2n) is 6.18. The second-order valence-corrected chi connectivity index (χ2v) is 6.59. The molecule has 0 atom stereocenters. The normalized spacial score (nSPS) is 10.2. The van der Waals surface area contributed by atoms with Crippen molar-refractivity contribution in [2.75, 3.05) is 17.2 Å². The summed E-state index contributed by atoms with van der Waals surface area (Å²) < 4.78 is 5.46. The highest BCUT2D eigenvalue weighted by Gasteiger charge is 2.11. The first-order valence-electron chi connectivity index (χ1n) is 8.84. The zero-order valence-electron chi connectivity index (χ0n) is 15.6. The fourth-order valence-corrected chi connectivity index (χ4v) is 2.71. The molecule has 0 saturated heterocycles. The van der Waals surface area contributed by atoms with Gasteiger partial charge in [0.05, 0.1) is 16.3 Å². The van der Waals surface area contributed by atoms with E-state index in [2.05, 4.69) is 10.6 Å². The molecule has 0 aliphatic rings. The summed E-state index contributed by atoms with van der Waals surface area (Å²) in [5.41, 5.74) is 1.20. The maximum absolute atomic E-state index is 12.2. The van der Waals surface area contributed by atoms with E-state index in [9.17, 15) is 14.4 Å². The van der Waals surface area contributed by atoms with E-state index in [0.29, 0.717) is 17.0 Å². The number of amides is 2. The van der Waals surface area contributed by atoms with Crippen molar-refractivity contribution >= 4 is 40.8 Å². The molecule has 3 rings (SSSR count). The number of hydrogen-bond acceptors (Lipinski definition) is 4. The molecule has 0 unspecified atom stereocenters. The largest absolute Gasteiger partial charge is 0.484 e. The Hall–Kier alpha value is -3.84. The van der Waals surface area contributed by atoms with Crippen molar-refractivity contribution in [2.24, 2.45) is 0 Å². The number of benzene rings is 3. The summed E-state index contributed by atoms with van der Waals surface area (Å²) >= 11 is 5.99. The van der Waals surface area contributed by atoms with E-state index < -0.39 is 11.9 Å². The summed E-state index contributed by atoms with van der Waals surface area (Å²) in [7, 11) is 0. The Balaban J connectivity index is 1.59. The van der Waals surface area contributed by atoms with Crippen LogP contribution in [0.15, 0.2) is 72.8 Å². The van der Waals surface area contributed by atoms with Crippen LogP contribution in [0, 0.1) is 0 Å². The SMILES string of the molecule is O=C(COc1cccc(NC(=O)c2ccccc2)c1)Nc1cc(C(=O)O)ccc1Cl. The van der Waals surface area contributed by atoms with Crippen molar-refractivity contribution in [3.05, 3.63) is 88.9 Å². The van der Waals surface area contributed by atoms with Crippen molar-refractivity contribution in [3.63, 3.8) is 0 Å². The maximum atomic E-state index is 12.2. The van der Waals surface area contributed by atoms with Gasteiger partial charge in [-0.3, -0.25) is 9.59 Å². The summed E-state index contributed by atoms with van der Waals surface area (Å²) in [5.74, 6) is -1.54. The average Bonchev–Trinajstić information content (AvgIpc) is 2.74. The van der Waals surface area contributed by atoms with Crippen LogP contribution in [-0.2, 0) is 4.79 Å². The number of nitrogens with one attached hydrogen (secondary N) is 2. The van der Waals surface area contributed by atoms with Gasteiger partial charge >= 0.3 is 5.97 Å². The van der Waals surface area contributed by atoms with Crippen LogP contribution in [0.25, 0.3) is 0 Å². The van der Waals surface area contributed by atoms with Gasteiger partial charge in [-0.2, -0.15) is 0 Å². The molecule has 30 heavy (non-hydrogen) atoms. The van der Waals surface area contributed by atoms with E-state index in [1.54, 1.807) is 48.5 Å². The van der Waals surface area contributed by atoms with Crippen LogP contribution in [0.5, 0.6) is 5.75 Å². The number of halogens is 1. The van der Waals surface area contributed by atoms with Crippen molar-refractivity contribution in [3.8, 4) is 5.75 Å². The molecule has 3 aromatic carbocycles. The lowest BCUT2D eigenvalue weighted by Crippen LogP contribution is -2.20. The second kappa shape index (κ2) is 9.58. The van der Waals surface area contributed by atoms with Crippen LogP contribution in [-0.4, -0.2) is 29.5 Å². The number of carbonyl (C=O) groups excluding carboxylic acids is 2. The number of ether oxygens (including phenoxy) is 1. The third-order valence-electron chi connectivity index (χ3n) is 3.99. The minimum atomic E-state index is -1.13. The molecule has 0 aliphatic heterocycles. The Morgan fingerprint density at radius 3 is 2.37 bits per heavy atom. The molecule has 0 radical (unpaired) electrons. The van der Waals surface area contributed by atoms with E-state index in [1.165, 1.54) is 18.2 Å². The highest BCUT2D eigenvalue weighted by Crippen LogP contribution is 2.23. The van der Waals surface area contributed by atoms with E-state index in [0.717, 1.165) is 0 Å². The van der Waals surface area contributed by atoms with Gasteiger partial charge in [-0.15, -0.1) is 0 Å². The Bertz CT molecular complexity index is 1090. The zero-order chi connectivity index (χ0) is 21.5. The third kappa shape index (κ3) is 5.59. The van der Waals surface area contributed by atoms with E-state index in [1.807, 2.05) is 6.07 Å². The lowest BCUT2D eigenvalue weighted by atomic mass is 10.2. The van der Waals surface area contributed by atoms with Crippen molar-refractivity contribution < 1.29 is 24.2 Å². The van der Waals surface area contributed by atoms with Crippen molar-refractivity contribution in [1.82, 2.24) is 0 Å². The highest BCUT2D eigenvalue weighted by atomic mass is 35.5. The van der Waals surface area contributed by atoms with Crippen molar-refractivity contribution in [2.45, 2.75) is 0 Å². The number of carboxylic acids is 1. The molecule has 0 bridgehead atoms. The summed E-state index contributed by atoms with van der Waals surface area (Å²) in [6.07, 6.45) is 0. The molecular formula is C22H17ClN2O5. The monoisotopic (exact) mass is 424 g/mol. The number of rotatable bonds is 7. The topological polar surface area (TPSA) is 105 Å². The van der Waals surface area contributed by atoms with E-state index in [-0.39, 0.29) is 28.8 Å². The molecule has 2 amide bonds. The molecule has 0 heterocycles. The van der Waals surface area contributed by atoms with Gasteiger partial charge in [-0.1, -0.05) is 35.9 Å². The molecule has 7 nitrogen and oxygen atoms in total.